The average Bonchev–Trinajstić information content (AvgIpc) is 3.58. The van der Waals surface area contributed by atoms with Crippen molar-refractivity contribution in [2.24, 2.45) is 0 Å². The lowest BCUT2D eigenvalue weighted by molar-refractivity contribution is -0.0736. The van der Waals surface area contributed by atoms with E-state index >= 15 is 4.39 Å². The van der Waals surface area contributed by atoms with Gasteiger partial charge < -0.3 is 19.5 Å². The highest BCUT2D eigenvalue weighted by atomic mass is 32.1. The number of carbonyl (C=O) groups is 1. The fourth-order valence-electron chi connectivity index (χ4n) is 4.86. The van der Waals surface area contributed by atoms with Crippen LogP contribution in [0.5, 0.6) is 0 Å². The lowest BCUT2D eigenvalue weighted by Crippen LogP contribution is -2.34. The van der Waals surface area contributed by atoms with Crippen LogP contribution in [0.4, 0.5) is 10.2 Å². The predicted octanol–water partition coefficient (Wildman–Crippen LogP) is 6.52. The molecule has 0 radical (unpaired) electrons. The Hall–Kier alpha value is -4.02. The maximum atomic E-state index is 16.2. The van der Waals surface area contributed by atoms with Gasteiger partial charge in [-0.1, -0.05) is 78.9 Å². The number of nitrogens with zero attached hydrogens (tertiary/aromatic N) is 2. The molecule has 3 aromatic carbocycles. The fraction of sp³-hybridized carbons (Fsp3) is 0.219. The SMILES string of the molecule is O=C(Nc1ncnc2c([C@@H]3O[C@H](COCc4ccccc4)[C@@H](OCc4ccccc4)[C@H]3F)csc12)c1ccccc1. The normalized spacial score (nSPS) is 20.3. The largest absolute Gasteiger partial charge is 0.374 e. The van der Waals surface area contributed by atoms with Crippen LogP contribution >= 0.6 is 11.3 Å². The summed E-state index contributed by atoms with van der Waals surface area (Å²) in [6, 6.07) is 28.3. The molecule has 1 saturated heterocycles. The Balaban J connectivity index is 1.22. The minimum atomic E-state index is -1.46. The molecule has 0 unspecified atom stereocenters. The van der Waals surface area contributed by atoms with Gasteiger partial charge in [0.1, 0.15) is 24.6 Å². The van der Waals surface area contributed by atoms with Gasteiger partial charge in [0, 0.05) is 11.1 Å². The zero-order valence-electron chi connectivity index (χ0n) is 22.1. The maximum Gasteiger partial charge on any atom is 0.256 e. The van der Waals surface area contributed by atoms with Crippen molar-refractivity contribution >= 4 is 33.3 Å². The second-order valence-electron chi connectivity index (χ2n) is 9.71. The van der Waals surface area contributed by atoms with Gasteiger partial charge in [-0.25, -0.2) is 14.4 Å². The summed E-state index contributed by atoms with van der Waals surface area (Å²) in [5.74, 6) is 0.0826. The van der Waals surface area contributed by atoms with Crippen molar-refractivity contribution in [2.75, 3.05) is 11.9 Å². The molecule has 208 valence electrons. The summed E-state index contributed by atoms with van der Waals surface area (Å²) < 4.78 is 35.2. The highest BCUT2D eigenvalue weighted by Crippen LogP contribution is 2.43. The minimum absolute atomic E-state index is 0.167. The first-order valence-electron chi connectivity index (χ1n) is 13.3. The lowest BCUT2D eigenvalue weighted by atomic mass is 10.0. The van der Waals surface area contributed by atoms with Crippen LogP contribution in [0.3, 0.4) is 0 Å². The molecular weight excluding hydrogens is 541 g/mol. The van der Waals surface area contributed by atoms with Crippen molar-refractivity contribution < 1.29 is 23.4 Å². The Morgan fingerprint density at radius 1 is 0.902 bits per heavy atom. The van der Waals surface area contributed by atoms with Crippen molar-refractivity contribution in [1.29, 1.82) is 0 Å². The third kappa shape index (κ3) is 6.18. The van der Waals surface area contributed by atoms with Gasteiger partial charge in [-0.3, -0.25) is 4.79 Å². The van der Waals surface area contributed by atoms with Crippen LogP contribution in [0.1, 0.15) is 33.2 Å². The molecule has 0 saturated carbocycles. The molecule has 6 rings (SSSR count). The lowest BCUT2D eigenvalue weighted by Gasteiger charge is -2.20. The first-order chi connectivity index (χ1) is 20.2. The molecule has 2 aromatic heterocycles. The first kappa shape index (κ1) is 27.2. The minimum Gasteiger partial charge on any atom is -0.374 e. The van der Waals surface area contributed by atoms with E-state index in [0.717, 1.165) is 11.1 Å². The summed E-state index contributed by atoms with van der Waals surface area (Å²) in [5, 5.41) is 4.67. The highest BCUT2D eigenvalue weighted by Gasteiger charge is 2.47. The summed E-state index contributed by atoms with van der Waals surface area (Å²) in [5.41, 5.74) is 3.60. The number of aromatic nitrogens is 2. The summed E-state index contributed by atoms with van der Waals surface area (Å²) in [6.07, 6.45) is -2.48. The number of rotatable bonds is 10. The number of halogens is 1. The first-order valence-corrected chi connectivity index (χ1v) is 14.2. The van der Waals surface area contributed by atoms with E-state index in [1.165, 1.54) is 17.7 Å². The summed E-state index contributed by atoms with van der Waals surface area (Å²) in [4.78, 5) is 21.5. The number of carbonyl (C=O) groups excluding carboxylic acids is 1. The van der Waals surface area contributed by atoms with Crippen LogP contribution in [0.15, 0.2) is 103 Å². The number of alkyl halides is 1. The molecule has 0 spiro atoms. The molecule has 3 heterocycles. The van der Waals surface area contributed by atoms with Crippen LogP contribution in [-0.4, -0.2) is 40.9 Å². The second-order valence-corrected chi connectivity index (χ2v) is 10.6. The maximum absolute atomic E-state index is 16.2. The molecule has 1 amide bonds. The highest BCUT2D eigenvalue weighted by molar-refractivity contribution is 7.18. The molecule has 0 bridgehead atoms. The average molecular weight is 570 g/mol. The van der Waals surface area contributed by atoms with Gasteiger partial charge in [0.2, 0.25) is 0 Å². The van der Waals surface area contributed by atoms with Crippen molar-refractivity contribution in [3.05, 3.63) is 125 Å². The molecule has 7 nitrogen and oxygen atoms in total. The van der Waals surface area contributed by atoms with Gasteiger partial charge in [-0.15, -0.1) is 11.3 Å². The van der Waals surface area contributed by atoms with E-state index in [2.05, 4.69) is 15.3 Å². The van der Waals surface area contributed by atoms with E-state index in [1.807, 2.05) is 72.1 Å². The van der Waals surface area contributed by atoms with Gasteiger partial charge in [0.25, 0.3) is 5.91 Å². The van der Waals surface area contributed by atoms with Crippen LogP contribution in [0.2, 0.25) is 0 Å². The monoisotopic (exact) mass is 569 g/mol. The van der Waals surface area contributed by atoms with Gasteiger partial charge in [-0.05, 0) is 28.6 Å². The van der Waals surface area contributed by atoms with E-state index in [9.17, 15) is 4.79 Å². The second kappa shape index (κ2) is 12.7. The number of benzene rings is 3. The number of amides is 1. The number of fused-ring (bicyclic) bond motifs is 1. The van der Waals surface area contributed by atoms with Crippen LogP contribution in [-0.2, 0) is 27.4 Å². The summed E-state index contributed by atoms with van der Waals surface area (Å²) in [7, 11) is 0. The number of thiophene rings is 1. The third-order valence-corrected chi connectivity index (χ3v) is 7.92. The summed E-state index contributed by atoms with van der Waals surface area (Å²) in [6.45, 7) is 0.799. The number of hydrogen-bond acceptors (Lipinski definition) is 7. The van der Waals surface area contributed by atoms with E-state index in [-0.39, 0.29) is 19.1 Å². The Morgan fingerprint density at radius 3 is 2.27 bits per heavy atom. The molecule has 0 aliphatic carbocycles. The van der Waals surface area contributed by atoms with Crippen LogP contribution in [0.25, 0.3) is 10.2 Å². The quantitative estimate of drug-likeness (QED) is 0.206. The number of anilines is 1. The van der Waals surface area contributed by atoms with Crippen molar-refractivity contribution in [2.45, 2.75) is 37.7 Å². The van der Waals surface area contributed by atoms with Crippen molar-refractivity contribution in [3.63, 3.8) is 0 Å². The molecule has 1 fully saturated rings. The Morgan fingerprint density at radius 2 is 1.56 bits per heavy atom. The zero-order chi connectivity index (χ0) is 28.0. The van der Waals surface area contributed by atoms with E-state index < -0.39 is 24.5 Å². The molecule has 1 aliphatic rings. The van der Waals surface area contributed by atoms with E-state index in [0.29, 0.717) is 33.8 Å². The molecule has 1 N–H and O–H groups in total. The predicted molar refractivity (Wildman–Crippen MR) is 155 cm³/mol. The third-order valence-electron chi connectivity index (χ3n) is 6.93. The Kier molecular flexibility index (Phi) is 8.39. The van der Waals surface area contributed by atoms with Gasteiger partial charge in [0.15, 0.2) is 12.0 Å². The topological polar surface area (TPSA) is 82.6 Å². The van der Waals surface area contributed by atoms with E-state index in [1.54, 1.807) is 24.3 Å². The number of ether oxygens (including phenoxy) is 3. The van der Waals surface area contributed by atoms with Gasteiger partial charge in [0.05, 0.1) is 30.0 Å². The summed E-state index contributed by atoms with van der Waals surface area (Å²) >= 11 is 1.34. The number of hydrogen-bond donors (Lipinski definition) is 1. The smallest absolute Gasteiger partial charge is 0.256 e. The fourth-order valence-corrected chi connectivity index (χ4v) is 5.85. The molecule has 1 aliphatic heterocycles. The number of nitrogens with one attached hydrogen (secondary N) is 1. The zero-order valence-corrected chi connectivity index (χ0v) is 22.9. The Labute approximate surface area is 240 Å². The van der Waals surface area contributed by atoms with Crippen molar-refractivity contribution in [3.8, 4) is 0 Å². The Bertz CT molecular complexity index is 1590. The van der Waals surface area contributed by atoms with Gasteiger partial charge >= 0.3 is 0 Å². The van der Waals surface area contributed by atoms with Crippen LogP contribution in [0, 0.1) is 0 Å². The molecule has 5 aromatic rings. The molecular formula is C32H28FN3O4S. The van der Waals surface area contributed by atoms with Crippen molar-refractivity contribution in [1.82, 2.24) is 9.97 Å². The molecule has 41 heavy (non-hydrogen) atoms. The molecule has 9 heteroatoms. The van der Waals surface area contributed by atoms with Crippen LogP contribution < -0.4 is 5.32 Å². The standard InChI is InChI=1S/C32H28FN3O4S/c33-26-28(24-19-41-30-27(24)34-20-35-31(30)36-32(37)23-14-8-3-9-15-23)40-25(18-38-16-21-10-4-1-5-11-21)29(26)39-17-22-12-6-2-7-13-22/h1-15,19-20,25-26,28-29H,16-18H2,(H,34,35,36,37)/t25-,26+,28+,29-/m1/s1. The van der Waals surface area contributed by atoms with E-state index in [4.69, 9.17) is 14.2 Å². The van der Waals surface area contributed by atoms with Gasteiger partial charge in [-0.2, -0.15) is 0 Å². The molecule has 4 atom stereocenters.